The number of ether oxygens (including phenoxy) is 1. The fourth-order valence-corrected chi connectivity index (χ4v) is 4.74. The van der Waals surface area contributed by atoms with Crippen LogP contribution in [0.2, 0.25) is 0 Å². The van der Waals surface area contributed by atoms with E-state index in [1.54, 1.807) is 29.7 Å². The summed E-state index contributed by atoms with van der Waals surface area (Å²) in [5, 5.41) is 0.834. The average molecular weight is 306 g/mol. The smallest absolute Gasteiger partial charge is 0.245 e. The lowest BCUT2D eigenvalue weighted by Gasteiger charge is -2.23. The monoisotopic (exact) mass is 306 g/mol. The summed E-state index contributed by atoms with van der Waals surface area (Å²) in [6.07, 6.45) is 3.33. The molecule has 1 unspecified atom stereocenters. The quantitative estimate of drug-likeness (QED) is 0.867. The third-order valence-electron chi connectivity index (χ3n) is 3.86. The Bertz CT molecular complexity index is 740. The van der Waals surface area contributed by atoms with Gasteiger partial charge in [-0.05, 0) is 25.0 Å². The highest BCUT2D eigenvalue weighted by Gasteiger charge is 2.36. The Hall–Kier alpha value is -1.50. The third kappa shape index (κ3) is 2.54. The zero-order valence-electron chi connectivity index (χ0n) is 11.9. The molecular weight excluding hydrogens is 288 g/mol. The molecule has 1 aliphatic heterocycles. The van der Waals surface area contributed by atoms with Crippen LogP contribution in [0.1, 0.15) is 12.8 Å². The normalized spacial score (nSPS) is 20.1. The summed E-state index contributed by atoms with van der Waals surface area (Å²) in [5.41, 5.74) is 0.531. The van der Waals surface area contributed by atoms with E-state index in [9.17, 15) is 8.42 Å². The highest BCUT2D eigenvalue weighted by Crippen LogP contribution is 2.29. The molecule has 6 heteroatoms. The molecule has 1 aliphatic rings. The molecule has 1 saturated heterocycles. The second-order valence-electron chi connectivity index (χ2n) is 5.20. The van der Waals surface area contributed by atoms with Crippen molar-refractivity contribution in [1.82, 2.24) is 9.29 Å². The number of nitrogens with zero attached hydrogens (tertiary/aromatic N) is 2. The first-order valence-corrected chi connectivity index (χ1v) is 8.43. The van der Waals surface area contributed by atoms with Gasteiger partial charge in [-0.3, -0.25) is 4.98 Å². The van der Waals surface area contributed by atoms with Crippen LogP contribution in [0, 0.1) is 0 Å². The fraction of sp³-hybridized carbons (Fsp3) is 0.400. The molecule has 3 rings (SSSR count). The number of fused-ring (bicyclic) bond motifs is 1. The summed E-state index contributed by atoms with van der Waals surface area (Å²) in [6.45, 7) is 0.969. The van der Waals surface area contributed by atoms with E-state index in [0.29, 0.717) is 18.7 Å². The molecule has 1 fully saturated rings. The van der Waals surface area contributed by atoms with E-state index in [-0.39, 0.29) is 10.9 Å². The summed E-state index contributed by atoms with van der Waals surface area (Å²) < 4.78 is 32.6. The van der Waals surface area contributed by atoms with Crippen LogP contribution in [0.5, 0.6) is 0 Å². The van der Waals surface area contributed by atoms with Gasteiger partial charge in [0.1, 0.15) is 4.90 Å². The summed E-state index contributed by atoms with van der Waals surface area (Å²) in [4.78, 5) is 4.53. The standard InChI is InChI=1S/C15H18N2O3S/c1-20-11-13-7-4-10-17(13)21(18,19)14-8-2-5-12-6-3-9-16-15(12)14/h2-3,5-6,8-9,13H,4,7,10-11H2,1H3. The molecule has 2 aromatic rings. The maximum absolute atomic E-state index is 13.0. The molecule has 2 heterocycles. The van der Waals surface area contributed by atoms with Crippen LogP contribution in [0.15, 0.2) is 41.4 Å². The molecule has 1 atom stereocenters. The van der Waals surface area contributed by atoms with E-state index in [2.05, 4.69) is 4.98 Å². The summed E-state index contributed by atoms with van der Waals surface area (Å²) >= 11 is 0. The molecular formula is C15H18N2O3S. The van der Waals surface area contributed by atoms with Crippen LogP contribution >= 0.6 is 0 Å². The maximum atomic E-state index is 13.0. The minimum absolute atomic E-state index is 0.0843. The molecule has 0 aliphatic carbocycles. The zero-order valence-corrected chi connectivity index (χ0v) is 12.7. The van der Waals surface area contributed by atoms with E-state index >= 15 is 0 Å². The van der Waals surface area contributed by atoms with Gasteiger partial charge in [0, 0.05) is 31.3 Å². The van der Waals surface area contributed by atoms with E-state index in [0.717, 1.165) is 18.2 Å². The number of benzene rings is 1. The van der Waals surface area contributed by atoms with Crippen LogP contribution in [0.4, 0.5) is 0 Å². The molecule has 0 radical (unpaired) electrons. The van der Waals surface area contributed by atoms with Gasteiger partial charge in [0.05, 0.1) is 12.1 Å². The minimum Gasteiger partial charge on any atom is -0.383 e. The first-order valence-electron chi connectivity index (χ1n) is 6.99. The lowest BCUT2D eigenvalue weighted by Crippen LogP contribution is -2.38. The minimum atomic E-state index is -3.55. The molecule has 112 valence electrons. The number of methoxy groups -OCH3 is 1. The molecule has 1 aromatic heterocycles. The van der Waals surface area contributed by atoms with Crippen LogP contribution < -0.4 is 0 Å². The van der Waals surface area contributed by atoms with E-state index in [1.807, 2.05) is 18.2 Å². The Kier molecular flexibility index (Phi) is 3.93. The average Bonchev–Trinajstić information content (AvgIpc) is 2.96. The summed E-state index contributed by atoms with van der Waals surface area (Å²) in [5.74, 6) is 0. The number of para-hydroxylation sites is 1. The van der Waals surface area contributed by atoms with Gasteiger partial charge in [-0.25, -0.2) is 8.42 Å². The molecule has 1 aromatic carbocycles. The SMILES string of the molecule is COCC1CCCN1S(=O)(=O)c1cccc2cccnc12. The molecule has 0 N–H and O–H groups in total. The van der Waals surface area contributed by atoms with Gasteiger partial charge in [0.25, 0.3) is 0 Å². The van der Waals surface area contributed by atoms with Crippen LogP contribution in [-0.2, 0) is 14.8 Å². The van der Waals surface area contributed by atoms with Gasteiger partial charge in [-0.2, -0.15) is 4.31 Å². The molecule has 5 nitrogen and oxygen atoms in total. The van der Waals surface area contributed by atoms with Gasteiger partial charge >= 0.3 is 0 Å². The summed E-state index contributed by atoms with van der Waals surface area (Å²) in [7, 11) is -1.95. The Morgan fingerprint density at radius 2 is 2.14 bits per heavy atom. The van der Waals surface area contributed by atoms with Crippen molar-refractivity contribution in [2.45, 2.75) is 23.8 Å². The second-order valence-corrected chi connectivity index (χ2v) is 7.06. The van der Waals surface area contributed by atoms with E-state index < -0.39 is 10.0 Å². The number of hydrogen-bond acceptors (Lipinski definition) is 4. The lowest BCUT2D eigenvalue weighted by atomic mass is 10.2. The van der Waals surface area contributed by atoms with Crippen molar-refractivity contribution >= 4 is 20.9 Å². The predicted molar refractivity (Wildman–Crippen MR) is 80.5 cm³/mol. The Morgan fingerprint density at radius 1 is 1.33 bits per heavy atom. The maximum Gasteiger partial charge on any atom is 0.245 e. The van der Waals surface area contributed by atoms with Gasteiger partial charge in [-0.15, -0.1) is 0 Å². The molecule has 0 spiro atoms. The molecule has 0 amide bonds. The first-order chi connectivity index (χ1) is 10.1. The zero-order chi connectivity index (χ0) is 14.9. The molecule has 0 bridgehead atoms. The largest absolute Gasteiger partial charge is 0.383 e. The summed E-state index contributed by atoms with van der Waals surface area (Å²) in [6, 6.07) is 8.86. The van der Waals surface area contributed by atoms with Crippen molar-refractivity contribution in [3.05, 3.63) is 36.5 Å². The van der Waals surface area contributed by atoms with Crippen molar-refractivity contribution in [2.24, 2.45) is 0 Å². The van der Waals surface area contributed by atoms with Gasteiger partial charge in [-0.1, -0.05) is 18.2 Å². The topological polar surface area (TPSA) is 59.5 Å². The van der Waals surface area contributed by atoms with Crippen molar-refractivity contribution in [1.29, 1.82) is 0 Å². The Balaban J connectivity index is 2.08. The van der Waals surface area contributed by atoms with Gasteiger partial charge in [0.15, 0.2) is 0 Å². The van der Waals surface area contributed by atoms with E-state index in [4.69, 9.17) is 4.74 Å². The highest BCUT2D eigenvalue weighted by atomic mass is 32.2. The Morgan fingerprint density at radius 3 is 2.95 bits per heavy atom. The van der Waals surface area contributed by atoms with Crippen LogP contribution in [0.3, 0.4) is 0 Å². The predicted octanol–water partition coefficient (Wildman–Crippen LogP) is 2.03. The third-order valence-corrected chi connectivity index (χ3v) is 5.85. The number of sulfonamides is 1. The fourth-order valence-electron chi connectivity index (χ4n) is 2.90. The van der Waals surface area contributed by atoms with Gasteiger partial charge in [0.2, 0.25) is 10.0 Å². The lowest BCUT2D eigenvalue weighted by molar-refractivity contribution is 0.149. The number of aromatic nitrogens is 1. The molecule has 0 saturated carbocycles. The second kappa shape index (κ2) is 5.71. The van der Waals surface area contributed by atoms with Gasteiger partial charge < -0.3 is 4.74 Å². The van der Waals surface area contributed by atoms with Crippen molar-refractivity contribution in [2.75, 3.05) is 20.3 Å². The number of pyridine rings is 1. The van der Waals surface area contributed by atoms with Crippen LogP contribution in [-0.4, -0.2) is 44.0 Å². The Labute approximate surface area is 124 Å². The van der Waals surface area contributed by atoms with E-state index in [1.165, 1.54) is 0 Å². The number of hydrogen-bond donors (Lipinski definition) is 0. The first kappa shape index (κ1) is 14.4. The van der Waals surface area contributed by atoms with Crippen molar-refractivity contribution < 1.29 is 13.2 Å². The van der Waals surface area contributed by atoms with Crippen molar-refractivity contribution in [3.63, 3.8) is 0 Å². The highest BCUT2D eigenvalue weighted by molar-refractivity contribution is 7.89. The number of rotatable bonds is 4. The van der Waals surface area contributed by atoms with Crippen LogP contribution in [0.25, 0.3) is 10.9 Å². The van der Waals surface area contributed by atoms with Crippen molar-refractivity contribution in [3.8, 4) is 0 Å². The molecule has 21 heavy (non-hydrogen) atoms.